The first-order valence-corrected chi connectivity index (χ1v) is 21.1. The maximum atomic E-state index is 5.39. The zero-order valence-electron chi connectivity index (χ0n) is 31.1. The molecule has 0 amide bonds. The van der Waals surface area contributed by atoms with E-state index in [0.29, 0.717) is 5.82 Å². The van der Waals surface area contributed by atoms with E-state index in [9.17, 15) is 0 Å². The van der Waals surface area contributed by atoms with Crippen LogP contribution >= 0.6 is 22.7 Å². The fourth-order valence-corrected chi connectivity index (χ4v) is 11.1. The van der Waals surface area contributed by atoms with Gasteiger partial charge in [-0.1, -0.05) is 158 Å². The number of benzene rings is 8. The van der Waals surface area contributed by atoms with Crippen molar-refractivity contribution in [2.45, 2.75) is 0 Å². The second kappa shape index (κ2) is 13.3. The molecule has 12 aromatic rings. The van der Waals surface area contributed by atoms with Gasteiger partial charge in [0, 0.05) is 68.8 Å². The lowest BCUT2D eigenvalue weighted by molar-refractivity contribution is 1.18. The Morgan fingerprint density at radius 2 is 0.914 bits per heavy atom. The van der Waals surface area contributed by atoms with Gasteiger partial charge < -0.3 is 0 Å². The fourth-order valence-electron chi connectivity index (χ4n) is 8.62. The molecule has 0 aliphatic rings. The summed E-state index contributed by atoms with van der Waals surface area (Å²) < 4.78 is 5.07. The molecular weight excluding hydrogens is 743 g/mol. The van der Waals surface area contributed by atoms with E-state index in [-0.39, 0.29) is 0 Å². The zero-order chi connectivity index (χ0) is 38.2. The van der Waals surface area contributed by atoms with Crippen molar-refractivity contribution in [2.75, 3.05) is 0 Å². The van der Waals surface area contributed by atoms with Crippen LogP contribution in [0.3, 0.4) is 0 Å². The number of thiophene rings is 2. The Kier molecular flexibility index (Phi) is 7.58. The largest absolute Gasteiger partial charge is 0.246 e. The summed E-state index contributed by atoms with van der Waals surface area (Å²) in [6, 6.07) is 67.0. The third-order valence-corrected chi connectivity index (χ3v) is 13.7. The molecule has 8 aromatic carbocycles. The van der Waals surface area contributed by atoms with Gasteiger partial charge in [0.25, 0.3) is 0 Å². The van der Waals surface area contributed by atoms with Crippen molar-refractivity contribution in [3.63, 3.8) is 0 Å². The van der Waals surface area contributed by atoms with Gasteiger partial charge in [0.1, 0.15) is 0 Å². The van der Waals surface area contributed by atoms with Gasteiger partial charge in [-0.05, 0) is 46.7 Å². The molecule has 0 radical (unpaired) electrons. The number of aromatic nitrogens is 3. The van der Waals surface area contributed by atoms with Crippen LogP contribution in [0.25, 0.3) is 118 Å². The quantitative estimate of drug-likeness (QED) is 0.175. The SMILES string of the molecule is c1ccc(-c2cc(-c3ccc(-c4cccc5c4sc4ccccc45)c4ccccc34)nc(-c3cccc(-c4nc5ccccc5c5c4sc4ccccc45)c3)n2)cc1. The lowest BCUT2D eigenvalue weighted by atomic mass is 9.92. The summed E-state index contributed by atoms with van der Waals surface area (Å²) in [5, 5.41) is 8.66. The summed E-state index contributed by atoms with van der Waals surface area (Å²) in [6.07, 6.45) is 0. The zero-order valence-corrected chi connectivity index (χ0v) is 32.7. The molecule has 58 heavy (non-hydrogen) atoms. The molecule has 270 valence electrons. The van der Waals surface area contributed by atoms with Gasteiger partial charge >= 0.3 is 0 Å². The summed E-state index contributed by atoms with van der Waals surface area (Å²) >= 11 is 3.68. The Balaban J connectivity index is 1.05. The fraction of sp³-hybridized carbons (Fsp3) is 0. The highest BCUT2D eigenvalue weighted by Gasteiger charge is 2.19. The molecule has 0 fully saturated rings. The molecule has 0 aliphatic carbocycles. The number of hydrogen-bond acceptors (Lipinski definition) is 5. The average molecular weight is 774 g/mol. The Hall–Kier alpha value is -7.05. The number of pyridine rings is 1. The Bertz CT molecular complexity index is 3580. The second-order valence-electron chi connectivity index (χ2n) is 14.7. The normalized spacial score (nSPS) is 11.8. The third-order valence-electron chi connectivity index (χ3n) is 11.3. The number of rotatable bonds is 5. The van der Waals surface area contributed by atoms with Crippen LogP contribution in [0.5, 0.6) is 0 Å². The summed E-state index contributed by atoms with van der Waals surface area (Å²) in [5.74, 6) is 0.676. The van der Waals surface area contributed by atoms with Crippen molar-refractivity contribution in [3.8, 4) is 56.3 Å². The second-order valence-corrected chi connectivity index (χ2v) is 16.8. The van der Waals surface area contributed by atoms with E-state index in [4.69, 9.17) is 15.0 Å². The van der Waals surface area contributed by atoms with Gasteiger partial charge in [-0.2, -0.15) is 0 Å². The Labute approximate surface area is 342 Å². The number of para-hydroxylation sites is 1. The van der Waals surface area contributed by atoms with Crippen molar-refractivity contribution in [3.05, 3.63) is 188 Å². The standard InChI is InChI=1S/C53H31N3S2/c1-2-14-32(15-3-1)45-31-46(38-29-28-37(35-18-4-5-19-36(35)38)40-23-13-24-41-39-20-7-10-26-47(39)57-51(40)41)56-53(55-45)34-17-12-16-33(30-34)50-52-49(42-21-6-9-25-44(42)54-50)43-22-8-11-27-48(43)58-52/h1-31H. The van der Waals surface area contributed by atoms with Crippen molar-refractivity contribution in [2.24, 2.45) is 0 Å². The van der Waals surface area contributed by atoms with Crippen LogP contribution in [-0.4, -0.2) is 15.0 Å². The van der Waals surface area contributed by atoms with Crippen molar-refractivity contribution in [1.82, 2.24) is 15.0 Å². The highest BCUT2D eigenvalue weighted by molar-refractivity contribution is 7.26. The van der Waals surface area contributed by atoms with Gasteiger partial charge in [-0.15, -0.1) is 22.7 Å². The van der Waals surface area contributed by atoms with Crippen LogP contribution < -0.4 is 0 Å². The first-order valence-electron chi connectivity index (χ1n) is 19.4. The lowest BCUT2D eigenvalue weighted by Gasteiger charge is -2.14. The smallest absolute Gasteiger partial charge is 0.160 e. The molecule has 0 saturated carbocycles. The first-order chi connectivity index (χ1) is 28.7. The van der Waals surface area contributed by atoms with Crippen molar-refractivity contribution in [1.29, 1.82) is 0 Å². The van der Waals surface area contributed by atoms with E-state index in [1.54, 1.807) is 0 Å². The molecule has 0 N–H and O–H groups in total. The van der Waals surface area contributed by atoms with Crippen molar-refractivity contribution < 1.29 is 0 Å². The summed E-state index contributed by atoms with van der Waals surface area (Å²) in [7, 11) is 0. The molecular formula is C53H31N3S2. The van der Waals surface area contributed by atoms with E-state index < -0.39 is 0 Å². The van der Waals surface area contributed by atoms with E-state index in [2.05, 4.69) is 182 Å². The Morgan fingerprint density at radius 1 is 0.328 bits per heavy atom. The highest BCUT2D eigenvalue weighted by Crippen LogP contribution is 2.45. The van der Waals surface area contributed by atoms with Crippen molar-refractivity contribution >= 4 is 84.7 Å². The monoisotopic (exact) mass is 773 g/mol. The summed E-state index contributed by atoms with van der Waals surface area (Å²) in [6.45, 7) is 0. The molecule has 0 saturated heterocycles. The minimum absolute atomic E-state index is 0.676. The topological polar surface area (TPSA) is 38.7 Å². The summed E-state index contributed by atoms with van der Waals surface area (Å²) in [5.41, 5.74) is 10.3. The van der Waals surface area contributed by atoms with E-state index in [0.717, 1.165) is 50.2 Å². The molecule has 0 bridgehead atoms. The molecule has 3 nitrogen and oxygen atoms in total. The minimum Gasteiger partial charge on any atom is -0.246 e. The molecule has 0 atom stereocenters. The molecule has 4 aromatic heterocycles. The van der Waals surface area contributed by atoms with Crippen LogP contribution in [0, 0.1) is 0 Å². The van der Waals surface area contributed by atoms with Crippen LogP contribution in [0.15, 0.2) is 188 Å². The number of fused-ring (bicyclic) bond motifs is 9. The van der Waals surface area contributed by atoms with Gasteiger partial charge in [0.05, 0.1) is 27.3 Å². The average Bonchev–Trinajstić information content (AvgIpc) is 3.88. The van der Waals surface area contributed by atoms with E-state index >= 15 is 0 Å². The molecule has 0 unspecified atom stereocenters. The van der Waals surface area contributed by atoms with E-state index in [1.165, 1.54) is 62.2 Å². The van der Waals surface area contributed by atoms with E-state index in [1.807, 2.05) is 28.7 Å². The Morgan fingerprint density at radius 3 is 1.76 bits per heavy atom. The van der Waals surface area contributed by atoms with Crippen LogP contribution in [0.1, 0.15) is 0 Å². The van der Waals surface area contributed by atoms with Gasteiger partial charge in [-0.25, -0.2) is 15.0 Å². The minimum atomic E-state index is 0.676. The third kappa shape index (κ3) is 5.28. The number of nitrogens with zero attached hydrogens (tertiary/aromatic N) is 3. The van der Waals surface area contributed by atoms with Gasteiger partial charge in [-0.3, -0.25) is 0 Å². The van der Waals surface area contributed by atoms with Crippen LogP contribution in [0.2, 0.25) is 0 Å². The maximum absolute atomic E-state index is 5.39. The lowest BCUT2D eigenvalue weighted by Crippen LogP contribution is -1.97. The molecule has 0 spiro atoms. The summed E-state index contributed by atoms with van der Waals surface area (Å²) in [4.78, 5) is 15.9. The number of hydrogen-bond donors (Lipinski definition) is 0. The van der Waals surface area contributed by atoms with Gasteiger partial charge in [0.15, 0.2) is 5.82 Å². The predicted molar refractivity (Wildman–Crippen MR) is 248 cm³/mol. The maximum Gasteiger partial charge on any atom is 0.160 e. The molecule has 0 aliphatic heterocycles. The van der Waals surface area contributed by atoms with Gasteiger partial charge in [0.2, 0.25) is 0 Å². The van der Waals surface area contributed by atoms with Crippen LogP contribution in [-0.2, 0) is 0 Å². The van der Waals surface area contributed by atoms with Crippen LogP contribution in [0.4, 0.5) is 0 Å². The highest BCUT2D eigenvalue weighted by atomic mass is 32.1. The first kappa shape index (κ1) is 33.1. The molecule has 4 heterocycles. The molecule has 12 rings (SSSR count). The predicted octanol–water partition coefficient (Wildman–Crippen LogP) is 15.2. The molecule has 5 heteroatoms.